The molecule has 1 aromatic rings. The van der Waals surface area contributed by atoms with Crippen LogP contribution in [0.15, 0.2) is 17.5 Å². The smallest absolute Gasteiger partial charge is 0.434 e. The molecule has 0 bridgehead atoms. The summed E-state index contributed by atoms with van der Waals surface area (Å²) in [5, 5.41) is 13.1. The van der Waals surface area contributed by atoms with Crippen LogP contribution in [-0.4, -0.2) is 41.6 Å². The quantitative estimate of drug-likeness (QED) is 0.290. The summed E-state index contributed by atoms with van der Waals surface area (Å²) in [6.45, 7) is 0.259. The minimum Gasteiger partial charge on any atom is -0.469 e. The van der Waals surface area contributed by atoms with E-state index in [4.69, 9.17) is 4.74 Å². The van der Waals surface area contributed by atoms with Gasteiger partial charge in [0, 0.05) is 11.3 Å². The lowest BCUT2D eigenvalue weighted by molar-refractivity contribution is -0.140. The summed E-state index contributed by atoms with van der Waals surface area (Å²) >= 11 is 1.79. The Balaban J connectivity index is 1.69. The summed E-state index contributed by atoms with van der Waals surface area (Å²) in [6.07, 6.45) is 9.10. The summed E-state index contributed by atoms with van der Waals surface area (Å²) < 4.78 is 9.73. The number of hydrogen-bond acceptors (Lipinski definition) is 6. The lowest BCUT2D eigenvalue weighted by Gasteiger charge is -2.31. The predicted octanol–water partition coefficient (Wildman–Crippen LogP) is 4.94. The van der Waals surface area contributed by atoms with Crippen molar-refractivity contribution in [3.8, 4) is 0 Å². The van der Waals surface area contributed by atoms with E-state index in [1.54, 1.807) is 11.3 Å². The van der Waals surface area contributed by atoms with Crippen LogP contribution >= 0.6 is 11.3 Å². The van der Waals surface area contributed by atoms with Crippen molar-refractivity contribution in [2.75, 3.05) is 13.7 Å². The van der Waals surface area contributed by atoms with Crippen LogP contribution in [0.3, 0.4) is 0 Å². The van der Waals surface area contributed by atoms with Gasteiger partial charge in [-0.2, -0.15) is 5.06 Å². The number of hydrogen-bond donors (Lipinski definition) is 1. The van der Waals surface area contributed by atoms with Crippen LogP contribution < -0.4 is 0 Å². The van der Waals surface area contributed by atoms with Crippen LogP contribution in [0.5, 0.6) is 0 Å². The molecule has 1 saturated heterocycles. The zero-order valence-corrected chi connectivity index (χ0v) is 17.0. The summed E-state index contributed by atoms with van der Waals surface area (Å²) in [7, 11) is 1.40. The molecular formula is C20H31NO5S. The number of carbonyl (C=O) groups is 2. The molecule has 0 aliphatic carbocycles. The van der Waals surface area contributed by atoms with E-state index in [9.17, 15) is 14.8 Å². The first kappa shape index (κ1) is 21.7. The number of amides is 1. The summed E-state index contributed by atoms with van der Waals surface area (Å²) in [6, 6.07) is 4.23. The molecule has 1 amide bonds. The van der Waals surface area contributed by atoms with E-state index >= 15 is 0 Å². The number of nitrogens with zero attached hydrogens (tertiary/aromatic N) is 1. The van der Waals surface area contributed by atoms with Gasteiger partial charge in [-0.1, -0.05) is 38.2 Å². The van der Waals surface area contributed by atoms with Gasteiger partial charge in [0.05, 0.1) is 7.11 Å². The van der Waals surface area contributed by atoms with Crippen LogP contribution in [0.2, 0.25) is 0 Å². The fraction of sp³-hybridized carbons (Fsp3) is 0.700. The van der Waals surface area contributed by atoms with Crippen molar-refractivity contribution >= 4 is 23.4 Å². The summed E-state index contributed by atoms with van der Waals surface area (Å²) in [5.41, 5.74) is -0.595. The molecule has 1 unspecified atom stereocenters. The van der Waals surface area contributed by atoms with Gasteiger partial charge in [0.15, 0.2) is 0 Å². The number of methoxy groups -OCH3 is 1. The van der Waals surface area contributed by atoms with E-state index in [2.05, 4.69) is 22.2 Å². The monoisotopic (exact) mass is 397 g/mol. The third-order valence-corrected chi connectivity index (χ3v) is 6.17. The second-order valence-corrected chi connectivity index (χ2v) is 8.25. The normalized spacial score (nSPS) is 19.3. The highest BCUT2D eigenvalue weighted by Gasteiger charge is 2.46. The Labute approximate surface area is 165 Å². The third-order valence-electron chi connectivity index (χ3n) is 5.23. The number of thiophene rings is 1. The Kier molecular flexibility index (Phi) is 9.07. The fourth-order valence-corrected chi connectivity index (χ4v) is 4.31. The minimum absolute atomic E-state index is 0.176. The van der Waals surface area contributed by atoms with E-state index in [-0.39, 0.29) is 12.6 Å². The highest BCUT2D eigenvalue weighted by Crippen LogP contribution is 2.33. The van der Waals surface area contributed by atoms with Crippen LogP contribution in [0.25, 0.3) is 0 Å². The van der Waals surface area contributed by atoms with Crippen LogP contribution in [0, 0.1) is 0 Å². The number of rotatable bonds is 13. The predicted molar refractivity (Wildman–Crippen MR) is 104 cm³/mol. The Bertz CT molecular complexity index is 577. The number of carbonyl (C=O) groups excluding carboxylic acids is 2. The summed E-state index contributed by atoms with van der Waals surface area (Å²) in [4.78, 5) is 24.2. The van der Waals surface area contributed by atoms with Crippen LogP contribution in [0.4, 0.5) is 4.79 Å². The highest BCUT2D eigenvalue weighted by atomic mass is 32.1. The van der Waals surface area contributed by atoms with Crippen molar-refractivity contribution in [3.05, 3.63) is 22.4 Å². The van der Waals surface area contributed by atoms with Crippen molar-refractivity contribution in [1.29, 1.82) is 0 Å². The second-order valence-electron chi connectivity index (χ2n) is 7.22. The Morgan fingerprint density at radius 1 is 1.22 bits per heavy atom. The van der Waals surface area contributed by atoms with E-state index in [0.717, 1.165) is 69.3 Å². The molecule has 2 rings (SSSR count). The molecule has 0 aromatic carbocycles. The third kappa shape index (κ3) is 6.81. The maximum atomic E-state index is 11.7. The SMILES string of the molecule is COC(=O)CCCCCCC1(CCCCCc2cccs2)COC(=O)N1O. The van der Waals surface area contributed by atoms with E-state index in [0.29, 0.717) is 6.42 Å². The van der Waals surface area contributed by atoms with Gasteiger partial charge in [-0.05, 0) is 43.6 Å². The average molecular weight is 398 g/mol. The average Bonchev–Trinajstić information content (AvgIpc) is 3.28. The van der Waals surface area contributed by atoms with Crippen molar-refractivity contribution < 1.29 is 24.3 Å². The molecule has 27 heavy (non-hydrogen) atoms. The zero-order valence-electron chi connectivity index (χ0n) is 16.2. The molecule has 0 radical (unpaired) electrons. The molecule has 0 spiro atoms. The molecule has 1 atom stereocenters. The van der Waals surface area contributed by atoms with Gasteiger partial charge < -0.3 is 9.47 Å². The number of ether oxygens (including phenoxy) is 2. The maximum absolute atomic E-state index is 11.7. The van der Waals surface area contributed by atoms with Gasteiger partial charge in [0.25, 0.3) is 0 Å². The zero-order chi connectivity index (χ0) is 19.5. The number of esters is 1. The van der Waals surface area contributed by atoms with Gasteiger partial charge >= 0.3 is 12.1 Å². The first-order valence-electron chi connectivity index (χ1n) is 9.82. The van der Waals surface area contributed by atoms with E-state index < -0.39 is 11.6 Å². The number of cyclic esters (lactones) is 1. The van der Waals surface area contributed by atoms with Gasteiger partial charge in [-0.15, -0.1) is 11.3 Å². The number of hydroxylamine groups is 2. The molecule has 0 saturated carbocycles. The maximum Gasteiger partial charge on any atom is 0.434 e. The molecule has 1 fully saturated rings. The van der Waals surface area contributed by atoms with Gasteiger partial charge in [-0.25, -0.2) is 4.79 Å². The van der Waals surface area contributed by atoms with Crippen LogP contribution in [0.1, 0.15) is 69.1 Å². The van der Waals surface area contributed by atoms with Crippen LogP contribution in [-0.2, 0) is 20.7 Å². The number of unbranched alkanes of at least 4 members (excludes halogenated alkanes) is 5. The molecule has 6 nitrogen and oxygen atoms in total. The topological polar surface area (TPSA) is 76.1 Å². The molecule has 2 heterocycles. The highest BCUT2D eigenvalue weighted by molar-refractivity contribution is 7.09. The van der Waals surface area contributed by atoms with Gasteiger partial charge in [0.1, 0.15) is 12.1 Å². The Hall–Kier alpha value is -1.60. The van der Waals surface area contributed by atoms with Crippen molar-refractivity contribution in [2.24, 2.45) is 0 Å². The first-order chi connectivity index (χ1) is 13.1. The molecule has 1 aliphatic heterocycles. The van der Waals surface area contributed by atoms with Crippen molar-refractivity contribution in [3.63, 3.8) is 0 Å². The molecule has 7 heteroatoms. The second kappa shape index (κ2) is 11.3. The molecule has 1 aromatic heterocycles. The molecular weight excluding hydrogens is 366 g/mol. The van der Waals surface area contributed by atoms with Crippen molar-refractivity contribution in [2.45, 2.75) is 76.2 Å². The fourth-order valence-electron chi connectivity index (χ4n) is 3.56. The first-order valence-corrected chi connectivity index (χ1v) is 10.7. The summed E-state index contributed by atoms with van der Waals surface area (Å²) in [5.74, 6) is -0.176. The van der Waals surface area contributed by atoms with Crippen molar-refractivity contribution in [1.82, 2.24) is 5.06 Å². The minimum atomic E-state index is -0.640. The standard InChI is InChI=1S/C20H31NO5S/c1-25-18(22)12-6-2-3-7-13-20(16-26-19(23)21(20)24)14-8-4-5-10-17-11-9-15-27-17/h9,11,15,24H,2-8,10,12-14,16H2,1H3. The Morgan fingerprint density at radius 2 is 1.93 bits per heavy atom. The van der Waals surface area contributed by atoms with E-state index in [1.807, 2.05) is 0 Å². The van der Waals surface area contributed by atoms with Gasteiger partial charge in [-0.3, -0.25) is 10.0 Å². The molecule has 152 valence electrons. The molecule has 1 aliphatic rings. The number of aryl methyl sites for hydroxylation is 1. The molecule has 1 N–H and O–H groups in total. The largest absolute Gasteiger partial charge is 0.469 e. The Morgan fingerprint density at radius 3 is 2.52 bits per heavy atom. The lowest BCUT2D eigenvalue weighted by Crippen LogP contribution is -2.45. The van der Waals surface area contributed by atoms with E-state index in [1.165, 1.54) is 12.0 Å². The van der Waals surface area contributed by atoms with Gasteiger partial charge in [0.2, 0.25) is 0 Å². The lowest BCUT2D eigenvalue weighted by atomic mass is 9.87.